The lowest BCUT2D eigenvalue weighted by molar-refractivity contribution is -0.142. The molecule has 1 N–H and O–H groups in total. The molecule has 0 saturated carbocycles. The second kappa shape index (κ2) is 6.16. The summed E-state index contributed by atoms with van der Waals surface area (Å²) in [6.07, 6.45) is 2.24. The predicted molar refractivity (Wildman–Crippen MR) is 44.4 cm³/mol. The maximum Gasteiger partial charge on any atom is 0.322 e. The van der Waals surface area contributed by atoms with Crippen molar-refractivity contribution in [3.8, 4) is 0 Å². The fourth-order valence-electron chi connectivity index (χ4n) is 0.755. The normalized spacial score (nSPS) is 12.6. The third kappa shape index (κ3) is 4.79. The van der Waals surface area contributed by atoms with Gasteiger partial charge >= 0.3 is 5.97 Å². The fraction of sp³-hybridized carbons (Fsp3) is 0.875. The van der Waals surface area contributed by atoms with Gasteiger partial charge in [-0.15, -0.1) is 0 Å². The Balaban J connectivity index is 3.36. The first-order valence-corrected chi connectivity index (χ1v) is 4.03. The van der Waals surface area contributed by atoms with E-state index in [1.54, 1.807) is 0 Å². The van der Waals surface area contributed by atoms with Crippen molar-refractivity contribution in [3.63, 3.8) is 0 Å². The molecule has 0 heterocycles. The largest absolute Gasteiger partial charge is 0.468 e. The lowest BCUT2D eigenvalue weighted by Gasteiger charge is -2.09. The molecule has 11 heavy (non-hydrogen) atoms. The molecule has 0 aliphatic carbocycles. The highest BCUT2D eigenvalue weighted by Crippen LogP contribution is 1.88. The van der Waals surface area contributed by atoms with Gasteiger partial charge in [0, 0.05) is 0 Å². The molecule has 0 spiro atoms. The topological polar surface area (TPSA) is 38.3 Å². The van der Waals surface area contributed by atoms with Crippen LogP contribution in [0.3, 0.4) is 0 Å². The van der Waals surface area contributed by atoms with E-state index in [1.807, 2.05) is 6.92 Å². The van der Waals surface area contributed by atoms with E-state index >= 15 is 0 Å². The number of esters is 1. The monoisotopic (exact) mass is 159 g/mol. The van der Waals surface area contributed by atoms with Crippen molar-refractivity contribution in [2.75, 3.05) is 13.7 Å². The Morgan fingerprint density at radius 2 is 2.27 bits per heavy atom. The van der Waals surface area contributed by atoms with Crippen LogP contribution in [0.4, 0.5) is 0 Å². The van der Waals surface area contributed by atoms with Crippen LogP contribution in [-0.2, 0) is 9.53 Å². The van der Waals surface area contributed by atoms with E-state index in [-0.39, 0.29) is 12.0 Å². The van der Waals surface area contributed by atoms with E-state index in [0.717, 1.165) is 19.4 Å². The van der Waals surface area contributed by atoms with Gasteiger partial charge < -0.3 is 10.1 Å². The van der Waals surface area contributed by atoms with Crippen LogP contribution in [0.25, 0.3) is 0 Å². The Bertz CT molecular complexity index is 115. The standard InChI is InChI=1S/C8H17NO2/c1-4-5-6-9-7(2)8(10)11-3/h7,9H,4-6H2,1-3H3/t7-/m0/s1. The third-order valence-corrected chi connectivity index (χ3v) is 1.54. The second-order valence-corrected chi connectivity index (χ2v) is 2.55. The molecular weight excluding hydrogens is 142 g/mol. The van der Waals surface area contributed by atoms with Crippen molar-refractivity contribution in [1.29, 1.82) is 0 Å². The highest BCUT2D eigenvalue weighted by atomic mass is 16.5. The maximum absolute atomic E-state index is 10.8. The minimum atomic E-state index is -0.193. The highest BCUT2D eigenvalue weighted by molar-refractivity contribution is 5.74. The molecule has 0 aromatic rings. The molecule has 66 valence electrons. The van der Waals surface area contributed by atoms with E-state index < -0.39 is 0 Å². The van der Waals surface area contributed by atoms with Crippen molar-refractivity contribution < 1.29 is 9.53 Å². The summed E-state index contributed by atoms with van der Waals surface area (Å²) in [6, 6.07) is -0.174. The van der Waals surface area contributed by atoms with Crippen molar-refractivity contribution >= 4 is 5.97 Å². The predicted octanol–water partition coefficient (Wildman–Crippen LogP) is 0.938. The number of nitrogens with one attached hydrogen (secondary N) is 1. The fourth-order valence-corrected chi connectivity index (χ4v) is 0.755. The quantitative estimate of drug-likeness (QED) is 0.479. The Hall–Kier alpha value is -0.570. The first-order chi connectivity index (χ1) is 5.22. The van der Waals surface area contributed by atoms with Gasteiger partial charge in [-0.2, -0.15) is 0 Å². The van der Waals surface area contributed by atoms with Gasteiger partial charge in [-0.3, -0.25) is 4.79 Å². The van der Waals surface area contributed by atoms with Crippen LogP contribution < -0.4 is 5.32 Å². The highest BCUT2D eigenvalue weighted by Gasteiger charge is 2.10. The molecule has 0 fully saturated rings. The van der Waals surface area contributed by atoms with Crippen LogP contribution in [0.15, 0.2) is 0 Å². The van der Waals surface area contributed by atoms with Crippen molar-refractivity contribution in [3.05, 3.63) is 0 Å². The Morgan fingerprint density at radius 1 is 1.64 bits per heavy atom. The van der Waals surface area contributed by atoms with Crippen LogP contribution in [0.5, 0.6) is 0 Å². The zero-order valence-corrected chi connectivity index (χ0v) is 7.52. The molecule has 0 unspecified atom stereocenters. The van der Waals surface area contributed by atoms with E-state index in [2.05, 4.69) is 17.0 Å². The van der Waals surface area contributed by atoms with E-state index in [4.69, 9.17) is 0 Å². The van der Waals surface area contributed by atoms with Crippen molar-refractivity contribution in [2.24, 2.45) is 0 Å². The summed E-state index contributed by atoms with van der Waals surface area (Å²) in [7, 11) is 1.40. The molecular formula is C8H17NO2. The lowest BCUT2D eigenvalue weighted by atomic mass is 10.3. The van der Waals surface area contributed by atoms with Gasteiger partial charge in [-0.1, -0.05) is 13.3 Å². The number of carbonyl (C=O) groups is 1. The molecule has 0 aliphatic heterocycles. The average Bonchev–Trinajstić information content (AvgIpc) is 2.03. The molecule has 0 saturated heterocycles. The number of hydrogen-bond acceptors (Lipinski definition) is 3. The summed E-state index contributed by atoms with van der Waals surface area (Å²) < 4.78 is 4.54. The molecule has 0 bridgehead atoms. The van der Waals surface area contributed by atoms with Crippen LogP contribution >= 0.6 is 0 Å². The van der Waals surface area contributed by atoms with E-state index in [9.17, 15) is 4.79 Å². The smallest absolute Gasteiger partial charge is 0.322 e. The molecule has 0 amide bonds. The molecule has 3 heteroatoms. The molecule has 1 atom stereocenters. The van der Waals surface area contributed by atoms with Crippen LogP contribution in [0.1, 0.15) is 26.7 Å². The molecule has 0 rings (SSSR count). The van der Waals surface area contributed by atoms with Crippen LogP contribution in [-0.4, -0.2) is 25.7 Å². The number of unbranched alkanes of at least 4 members (excludes halogenated alkanes) is 1. The zero-order chi connectivity index (χ0) is 8.69. The van der Waals surface area contributed by atoms with Gasteiger partial charge in [0.1, 0.15) is 6.04 Å². The Kier molecular flexibility index (Phi) is 5.84. The van der Waals surface area contributed by atoms with Gasteiger partial charge in [-0.25, -0.2) is 0 Å². The number of rotatable bonds is 5. The Labute approximate surface area is 68.1 Å². The van der Waals surface area contributed by atoms with E-state index in [0.29, 0.717) is 0 Å². The van der Waals surface area contributed by atoms with Gasteiger partial charge in [0.2, 0.25) is 0 Å². The summed E-state index contributed by atoms with van der Waals surface area (Å²) in [6.45, 7) is 4.80. The number of carbonyl (C=O) groups excluding carboxylic acids is 1. The number of methoxy groups -OCH3 is 1. The van der Waals surface area contributed by atoms with Gasteiger partial charge in [0.15, 0.2) is 0 Å². The first kappa shape index (κ1) is 10.4. The maximum atomic E-state index is 10.8. The van der Waals surface area contributed by atoms with Crippen LogP contribution in [0, 0.1) is 0 Å². The summed E-state index contributed by atoms with van der Waals surface area (Å²) in [5.41, 5.74) is 0. The molecule has 3 nitrogen and oxygen atoms in total. The Morgan fingerprint density at radius 3 is 2.73 bits per heavy atom. The minimum absolute atomic E-state index is 0.174. The molecule has 0 aromatic heterocycles. The molecule has 0 aromatic carbocycles. The lowest BCUT2D eigenvalue weighted by Crippen LogP contribution is -2.35. The number of hydrogen-bond donors (Lipinski definition) is 1. The molecule has 0 aliphatic rings. The number of ether oxygens (including phenoxy) is 1. The van der Waals surface area contributed by atoms with Crippen molar-refractivity contribution in [1.82, 2.24) is 5.32 Å². The average molecular weight is 159 g/mol. The van der Waals surface area contributed by atoms with Crippen molar-refractivity contribution in [2.45, 2.75) is 32.7 Å². The minimum Gasteiger partial charge on any atom is -0.468 e. The summed E-state index contributed by atoms with van der Waals surface area (Å²) >= 11 is 0. The van der Waals surface area contributed by atoms with E-state index in [1.165, 1.54) is 7.11 Å². The first-order valence-electron chi connectivity index (χ1n) is 4.03. The van der Waals surface area contributed by atoms with Gasteiger partial charge in [-0.05, 0) is 19.9 Å². The zero-order valence-electron chi connectivity index (χ0n) is 7.52. The van der Waals surface area contributed by atoms with Gasteiger partial charge in [0.05, 0.1) is 7.11 Å². The summed E-state index contributed by atoms with van der Waals surface area (Å²) in [5, 5.41) is 3.06. The SMILES string of the molecule is CCCCN[C@@H](C)C(=O)OC. The van der Waals surface area contributed by atoms with Gasteiger partial charge in [0.25, 0.3) is 0 Å². The van der Waals surface area contributed by atoms with Crippen LogP contribution in [0.2, 0.25) is 0 Å². The third-order valence-electron chi connectivity index (χ3n) is 1.54. The second-order valence-electron chi connectivity index (χ2n) is 2.55. The summed E-state index contributed by atoms with van der Waals surface area (Å²) in [4.78, 5) is 10.8. The molecule has 0 radical (unpaired) electrons. The summed E-state index contributed by atoms with van der Waals surface area (Å²) in [5.74, 6) is -0.193.